The Morgan fingerprint density at radius 1 is 1.78 bits per heavy atom. The highest BCUT2D eigenvalue weighted by molar-refractivity contribution is 5.51. The zero-order valence-corrected chi connectivity index (χ0v) is 5.63. The molecule has 0 atom stereocenters. The summed E-state index contributed by atoms with van der Waals surface area (Å²) >= 11 is 0. The van der Waals surface area contributed by atoms with E-state index in [0.29, 0.717) is 0 Å². The van der Waals surface area contributed by atoms with Gasteiger partial charge in [-0.15, -0.1) is 0 Å². The molecule has 0 saturated carbocycles. The van der Waals surface area contributed by atoms with Crippen molar-refractivity contribution in [3.05, 3.63) is 11.8 Å². The number of hydrogen-bond donors (Lipinski definition) is 0. The maximum absolute atomic E-state index is 10.3. The fourth-order valence-corrected chi connectivity index (χ4v) is 1.00. The van der Waals surface area contributed by atoms with Crippen LogP contribution in [0.15, 0.2) is 11.8 Å². The molecule has 0 fully saturated rings. The SMILES string of the molecule is CC1=CCCCN1C=O. The molecule has 0 unspecified atom stereocenters. The molecule has 0 N–H and O–H groups in total. The highest BCUT2D eigenvalue weighted by Crippen LogP contribution is 2.10. The molecule has 0 bridgehead atoms. The molecule has 0 saturated heterocycles. The van der Waals surface area contributed by atoms with E-state index < -0.39 is 0 Å². The van der Waals surface area contributed by atoms with Crippen LogP contribution >= 0.6 is 0 Å². The lowest BCUT2D eigenvalue weighted by Gasteiger charge is -2.21. The number of rotatable bonds is 1. The van der Waals surface area contributed by atoms with Crippen molar-refractivity contribution in [1.82, 2.24) is 4.90 Å². The van der Waals surface area contributed by atoms with Crippen LogP contribution in [0, 0.1) is 0 Å². The summed E-state index contributed by atoms with van der Waals surface area (Å²) in [5, 5.41) is 0. The first-order chi connectivity index (χ1) is 4.34. The van der Waals surface area contributed by atoms with Crippen molar-refractivity contribution in [2.45, 2.75) is 19.8 Å². The van der Waals surface area contributed by atoms with Gasteiger partial charge in [-0.2, -0.15) is 0 Å². The van der Waals surface area contributed by atoms with Crippen LogP contribution in [-0.2, 0) is 4.79 Å². The number of amides is 1. The van der Waals surface area contributed by atoms with Gasteiger partial charge in [-0.25, -0.2) is 0 Å². The van der Waals surface area contributed by atoms with Gasteiger partial charge in [0.15, 0.2) is 0 Å². The third-order valence-corrected chi connectivity index (χ3v) is 1.62. The van der Waals surface area contributed by atoms with Gasteiger partial charge in [-0.05, 0) is 19.8 Å². The molecule has 50 valence electrons. The lowest BCUT2D eigenvalue weighted by molar-refractivity contribution is -0.116. The molecule has 0 aliphatic carbocycles. The molecule has 0 aromatic carbocycles. The molecular weight excluding hydrogens is 114 g/mol. The second kappa shape index (κ2) is 2.67. The van der Waals surface area contributed by atoms with Crippen LogP contribution in [0.25, 0.3) is 0 Å². The van der Waals surface area contributed by atoms with Crippen LogP contribution in [0.4, 0.5) is 0 Å². The predicted octanol–water partition coefficient (Wildman–Crippen LogP) is 1.14. The van der Waals surface area contributed by atoms with Crippen molar-refractivity contribution in [2.24, 2.45) is 0 Å². The number of allylic oxidation sites excluding steroid dienone is 2. The molecule has 1 amide bonds. The third-order valence-electron chi connectivity index (χ3n) is 1.62. The van der Waals surface area contributed by atoms with Gasteiger partial charge >= 0.3 is 0 Å². The fraction of sp³-hybridized carbons (Fsp3) is 0.571. The monoisotopic (exact) mass is 125 g/mol. The zero-order chi connectivity index (χ0) is 6.69. The standard InChI is InChI=1S/C7H11NO/c1-7-4-2-3-5-8(7)6-9/h4,6H,2-3,5H2,1H3. The Morgan fingerprint density at radius 2 is 2.56 bits per heavy atom. The predicted molar refractivity (Wildman–Crippen MR) is 35.8 cm³/mol. The molecule has 0 spiro atoms. The van der Waals surface area contributed by atoms with Crippen molar-refractivity contribution >= 4 is 6.41 Å². The first-order valence-electron chi connectivity index (χ1n) is 3.23. The van der Waals surface area contributed by atoms with Gasteiger partial charge in [0.05, 0.1) is 0 Å². The molecular formula is C7H11NO. The van der Waals surface area contributed by atoms with E-state index in [1.165, 1.54) is 0 Å². The molecule has 9 heavy (non-hydrogen) atoms. The third kappa shape index (κ3) is 1.31. The summed E-state index contributed by atoms with van der Waals surface area (Å²) in [6, 6.07) is 0. The summed E-state index contributed by atoms with van der Waals surface area (Å²) in [4.78, 5) is 12.0. The van der Waals surface area contributed by atoms with Crippen LogP contribution in [-0.4, -0.2) is 17.9 Å². The molecule has 0 aromatic rings. The van der Waals surface area contributed by atoms with Crippen LogP contribution in [0.2, 0.25) is 0 Å². The first-order valence-corrected chi connectivity index (χ1v) is 3.23. The molecule has 2 heteroatoms. The minimum Gasteiger partial charge on any atom is -0.319 e. The van der Waals surface area contributed by atoms with E-state index in [1.54, 1.807) is 4.90 Å². The Kier molecular flexibility index (Phi) is 1.88. The van der Waals surface area contributed by atoms with E-state index in [-0.39, 0.29) is 0 Å². The zero-order valence-electron chi connectivity index (χ0n) is 5.63. The number of carbonyl (C=O) groups excluding carboxylic acids is 1. The van der Waals surface area contributed by atoms with E-state index in [9.17, 15) is 4.79 Å². The average Bonchev–Trinajstić information content (AvgIpc) is 1.89. The number of hydrogen-bond acceptors (Lipinski definition) is 1. The average molecular weight is 125 g/mol. The summed E-state index contributed by atoms with van der Waals surface area (Å²) in [6.07, 6.45) is 5.22. The van der Waals surface area contributed by atoms with Gasteiger partial charge in [0.2, 0.25) is 6.41 Å². The summed E-state index contributed by atoms with van der Waals surface area (Å²) in [5.41, 5.74) is 1.09. The smallest absolute Gasteiger partial charge is 0.213 e. The normalized spacial score (nSPS) is 19.2. The molecule has 1 rings (SSSR count). The van der Waals surface area contributed by atoms with Gasteiger partial charge in [-0.3, -0.25) is 4.79 Å². The lowest BCUT2D eigenvalue weighted by Crippen LogP contribution is -2.23. The van der Waals surface area contributed by atoms with E-state index in [0.717, 1.165) is 31.5 Å². The Bertz CT molecular complexity index is 140. The van der Waals surface area contributed by atoms with Crippen molar-refractivity contribution < 1.29 is 4.79 Å². The molecule has 0 aromatic heterocycles. The topological polar surface area (TPSA) is 20.3 Å². The Labute approximate surface area is 55.2 Å². The molecule has 1 aliphatic rings. The highest BCUT2D eigenvalue weighted by Gasteiger charge is 2.06. The van der Waals surface area contributed by atoms with Gasteiger partial charge in [0, 0.05) is 12.2 Å². The van der Waals surface area contributed by atoms with Crippen molar-refractivity contribution in [3.8, 4) is 0 Å². The summed E-state index contributed by atoms with van der Waals surface area (Å²) in [7, 11) is 0. The minimum atomic E-state index is 0.894. The van der Waals surface area contributed by atoms with Crippen LogP contribution < -0.4 is 0 Å². The van der Waals surface area contributed by atoms with E-state index >= 15 is 0 Å². The second-order valence-corrected chi connectivity index (χ2v) is 2.29. The van der Waals surface area contributed by atoms with E-state index in [4.69, 9.17) is 0 Å². The lowest BCUT2D eigenvalue weighted by atomic mass is 10.2. The maximum Gasteiger partial charge on any atom is 0.213 e. The van der Waals surface area contributed by atoms with E-state index in [2.05, 4.69) is 6.08 Å². The Hall–Kier alpha value is -0.790. The largest absolute Gasteiger partial charge is 0.319 e. The Morgan fingerprint density at radius 3 is 3.00 bits per heavy atom. The summed E-state index contributed by atoms with van der Waals surface area (Å²) in [5.74, 6) is 0. The van der Waals surface area contributed by atoms with Gasteiger partial charge in [-0.1, -0.05) is 6.08 Å². The number of nitrogens with zero attached hydrogens (tertiary/aromatic N) is 1. The molecule has 1 aliphatic heterocycles. The quantitative estimate of drug-likeness (QED) is 0.481. The summed E-state index contributed by atoms with van der Waals surface area (Å²) in [6.45, 7) is 2.86. The molecule has 2 nitrogen and oxygen atoms in total. The maximum atomic E-state index is 10.3. The van der Waals surface area contributed by atoms with Gasteiger partial charge < -0.3 is 4.90 Å². The second-order valence-electron chi connectivity index (χ2n) is 2.29. The van der Waals surface area contributed by atoms with Gasteiger partial charge in [0.1, 0.15) is 0 Å². The van der Waals surface area contributed by atoms with Crippen LogP contribution in [0.5, 0.6) is 0 Å². The summed E-state index contributed by atoms with van der Waals surface area (Å²) < 4.78 is 0. The highest BCUT2D eigenvalue weighted by atomic mass is 16.1. The number of carbonyl (C=O) groups is 1. The van der Waals surface area contributed by atoms with Crippen LogP contribution in [0.1, 0.15) is 19.8 Å². The minimum absolute atomic E-state index is 0.894. The van der Waals surface area contributed by atoms with Gasteiger partial charge in [0.25, 0.3) is 0 Å². The molecule has 1 heterocycles. The van der Waals surface area contributed by atoms with Crippen molar-refractivity contribution in [1.29, 1.82) is 0 Å². The fourth-order valence-electron chi connectivity index (χ4n) is 1.00. The van der Waals surface area contributed by atoms with Crippen LogP contribution in [0.3, 0.4) is 0 Å². The first kappa shape index (κ1) is 6.33. The Balaban J connectivity index is 2.60. The van der Waals surface area contributed by atoms with E-state index in [1.807, 2.05) is 6.92 Å². The van der Waals surface area contributed by atoms with Crippen molar-refractivity contribution in [2.75, 3.05) is 6.54 Å². The van der Waals surface area contributed by atoms with Crippen molar-refractivity contribution in [3.63, 3.8) is 0 Å². The molecule has 0 radical (unpaired) electrons.